The van der Waals surface area contributed by atoms with Gasteiger partial charge < -0.3 is 9.64 Å². The maximum atomic E-state index is 5.37. The summed E-state index contributed by atoms with van der Waals surface area (Å²) in [5.74, 6) is 0.866. The van der Waals surface area contributed by atoms with Crippen molar-refractivity contribution >= 4 is 16.7 Å². The van der Waals surface area contributed by atoms with Gasteiger partial charge in [0.1, 0.15) is 5.82 Å². The van der Waals surface area contributed by atoms with Crippen molar-refractivity contribution in [2.24, 2.45) is 0 Å². The van der Waals surface area contributed by atoms with Crippen LogP contribution in [0.4, 0.5) is 5.13 Å². The fourth-order valence-electron chi connectivity index (χ4n) is 1.35. The highest BCUT2D eigenvalue weighted by molar-refractivity contribution is 7.09. The predicted octanol–water partition coefficient (Wildman–Crippen LogP) is 1.07. The molecule has 1 aliphatic rings. The van der Waals surface area contributed by atoms with Crippen molar-refractivity contribution in [2.45, 2.75) is 13.3 Å². The minimum atomic E-state index is 0.804. The summed E-state index contributed by atoms with van der Waals surface area (Å²) in [5, 5.41) is 1.03. The molecule has 0 spiro atoms. The van der Waals surface area contributed by atoms with Gasteiger partial charge in [0, 0.05) is 31.2 Å². The molecule has 0 bridgehead atoms. The molecule has 1 aliphatic heterocycles. The Morgan fingerprint density at radius 1 is 1.38 bits per heavy atom. The molecule has 5 heteroatoms. The maximum Gasteiger partial charge on any atom is 0.205 e. The summed E-state index contributed by atoms with van der Waals surface area (Å²) in [6, 6.07) is 0. The first-order valence-corrected chi connectivity index (χ1v) is 5.26. The Hall–Kier alpha value is -0.680. The predicted molar refractivity (Wildman–Crippen MR) is 52.3 cm³/mol. The van der Waals surface area contributed by atoms with Crippen LogP contribution in [0.1, 0.15) is 12.2 Å². The van der Waals surface area contributed by atoms with Crippen molar-refractivity contribution < 1.29 is 4.74 Å². The van der Waals surface area contributed by atoms with Gasteiger partial charge in [0.15, 0.2) is 0 Å². The molecule has 1 saturated heterocycles. The second-order valence-corrected chi connectivity index (χ2v) is 3.81. The highest BCUT2D eigenvalue weighted by Crippen LogP contribution is 2.17. The van der Waals surface area contributed by atoms with E-state index >= 15 is 0 Å². The van der Waals surface area contributed by atoms with E-state index in [9.17, 15) is 0 Å². The maximum absolute atomic E-state index is 5.37. The van der Waals surface area contributed by atoms with Gasteiger partial charge in [-0.05, 0) is 13.3 Å². The normalized spacial score (nSPS) is 18.7. The molecule has 0 atom stereocenters. The van der Waals surface area contributed by atoms with Gasteiger partial charge in [0.05, 0.1) is 6.61 Å². The van der Waals surface area contributed by atoms with Crippen molar-refractivity contribution in [3.63, 3.8) is 0 Å². The second kappa shape index (κ2) is 4.02. The van der Waals surface area contributed by atoms with Gasteiger partial charge in [-0.15, -0.1) is 0 Å². The van der Waals surface area contributed by atoms with Gasteiger partial charge in [-0.1, -0.05) is 0 Å². The van der Waals surface area contributed by atoms with Crippen LogP contribution in [0, 0.1) is 6.92 Å². The SMILES string of the molecule is Cc1nsc(N2CCCOCC2)n1. The fraction of sp³-hybridized carbons (Fsp3) is 0.750. The molecule has 0 N–H and O–H groups in total. The first-order valence-electron chi connectivity index (χ1n) is 4.49. The molecular weight excluding hydrogens is 186 g/mol. The highest BCUT2D eigenvalue weighted by Gasteiger charge is 2.13. The number of rotatable bonds is 1. The molecule has 1 fully saturated rings. The van der Waals surface area contributed by atoms with E-state index in [0.29, 0.717) is 0 Å². The standard InChI is InChI=1S/C8H13N3OS/c1-7-9-8(13-10-7)11-3-2-5-12-6-4-11/h2-6H2,1H3. The molecule has 2 heterocycles. The van der Waals surface area contributed by atoms with E-state index < -0.39 is 0 Å². The molecular formula is C8H13N3OS. The monoisotopic (exact) mass is 199 g/mol. The van der Waals surface area contributed by atoms with Gasteiger partial charge in [-0.25, -0.2) is 4.98 Å². The molecule has 0 radical (unpaired) electrons. The second-order valence-electron chi connectivity index (χ2n) is 3.08. The summed E-state index contributed by atoms with van der Waals surface area (Å²) >= 11 is 1.47. The summed E-state index contributed by atoms with van der Waals surface area (Å²) < 4.78 is 9.54. The van der Waals surface area contributed by atoms with Gasteiger partial charge >= 0.3 is 0 Å². The number of aryl methyl sites for hydroxylation is 1. The lowest BCUT2D eigenvalue weighted by Crippen LogP contribution is -2.25. The first kappa shape index (κ1) is 8.90. The van der Waals surface area contributed by atoms with Crippen LogP contribution in [0.25, 0.3) is 0 Å². The number of aromatic nitrogens is 2. The molecule has 0 amide bonds. The summed E-state index contributed by atoms with van der Waals surface area (Å²) in [7, 11) is 0. The Balaban J connectivity index is 2.06. The van der Waals surface area contributed by atoms with E-state index in [0.717, 1.165) is 43.7 Å². The molecule has 0 aliphatic carbocycles. The van der Waals surface area contributed by atoms with Crippen molar-refractivity contribution in [2.75, 3.05) is 31.2 Å². The lowest BCUT2D eigenvalue weighted by atomic mass is 10.4. The van der Waals surface area contributed by atoms with Gasteiger partial charge in [-0.2, -0.15) is 4.37 Å². The summed E-state index contributed by atoms with van der Waals surface area (Å²) in [6.45, 7) is 5.57. The van der Waals surface area contributed by atoms with E-state index in [4.69, 9.17) is 4.74 Å². The van der Waals surface area contributed by atoms with Crippen molar-refractivity contribution in [3.05, 3.63) is 5.82 Å². The molecule has 1 aromatic heterocycles. The average Bonchev–Trinajstić information content (AvgIpc) is 2.43. The third-order valence-corrected chi connectivity index (χ3v) is 2.88. The quantitative estimate of drug-likeness (QED) is 0.678. The van der Waals surface area contributed by atoms with E-state index in [2.05, 4.69) is 14.3 Å². The van der Waals surface area contributed by atoms with E-state index in [1.54, 1.807) is 0 Å². The van der Waals surface area contributed by atoms with Crippen LogP contribution in [0.2, 0.25) is 0 Å². The zero-order valence-electron chi connectivity index (χ0n) is 7.69. The first-order chi connectivity index (χ1) is 6.36. The molecule has 2 rings (SSSR count). The van der Waals surface area contributed by atoms with Crippen LogP contribution in [0.3, 0.4) is 0 Å². The Morgan fingerprint density at radius 3 is 3.08 bits per heavy atom. The Morgan fingerprint density at radius 2 is 2.31 bits per heavy atom. The van der Waals surface area contributed by atoms with Crippen molar-refractivity contribution in [3.8, 4) is 0 Å². The van der Waals surface area contributed by atoms with Crippen LogP contribution in [0.15, 0.2) is 0 Å². The molecule has 4 nitrogen and oxygen atoms in total. The smallest absolute Gasteiger partial charge is 0.205 e. The van der Waals surface area contributed by atoms with Gasteiger partial charge in [-0.3, -0.25) is 0 Å². The largest absolute Gasteiger partial charge is 0.380 e. The zero-order valence-corrected chi connectivity index (χ0v) is 8.51. The number of anilines is 1. The minimum Gasteiger partial charge on any atom is -0.380 e. The van der Waals surface area contributed by atoms with Crippen molar-refractivity contribution in [1.29, 1.82) is 0 Å². The summed E-state index contributed by atoms with van der Waals surface area (Å²) in [5.41, 5.74) is 0. The minimum absolute atomic E-state index is 0.804. The van der Waals surface area contributed by atoms with E-state index in [-0.39, 0.29) is 0 Å². The lowest BCUT2D eigenvalue weighted by Gasteiger charge is -2.16. The highest BCUT2D eigenvalue weighted by atomic mass is 32.1. The Bertz CT molecular complexity index is 268. The van der Waals surface area contributed by atoms with E-state index in [1.807, 2.05) is 6.92 Å². The van der Waals surface area contributed by atoms with Crippen LogP contribution in [-0.4, -0.2) is 35.7 Å². The summed E-state index contributed by atoms with van der Waals surface area (Å²) in [6.07, 6.45) is 1.08. The number of nitrogens with zero attached hydrogens (tertiary/aromatic N) is 3. The summed E-state index contributed by atoms with van der Waals surface area (Å²) in [4.78, 5) is 6.60. The zero-order chi connectivity index (χ0) is 9.10. The number of hydrogen-bond donors (Lipinski definition) is 0. The van der Waals surface area contributed by atoms with Gasteiger partial charge in [0.25, 0.3) is 0 Å². The molecule has 1 aromatic rings. The molecule has 0 unspecified atom stereocenters. The average molecular weight is 199 g/mol. The van der Waals surface area contributed by atoms with Crippen LogP contribution < -0.4 is 4.90 Å². The van der Waals surface area contributed by atoms with Crippen LogP contribution in [0.5, 0.6) is 0 Å². The number of ether oxygens (including phenoxy) is 1. The topological polar surface area (TPSA) is 38.2 Å². The molecule has 72 valence electrons. The lowest BCUT2D eigenvalue weighted by molar-refractivity contribution is 0.152. The van der Waals surface area contributed by atoms with Gasteiger partial charge in [0.2, 0.25) is 5.13 Å². The molecule has 13 heavy (non-hydrogen) atoms. The van der Waals surface area contributed by atoms with Crippen LogP contribution >= 0.6 is 11.5 Å². The van der Waals surface area contributed by atoms with E-state index in [1.165, 1.54) is 11.5 Å². The van der Waals surface area contributed by atoms with Crippen LogP contribution in [-0.2, 0) is 4.74 Å². The Kier molecular flexibility index (Phi) is 2.75. The third kappa shape index (κ3) is 2.16. The Labute approximate surface area is 81.7 Å². The number of hydrogen-bond acceptors (Lipinski definition) is 5. The fourth-order valence-corrected chi connectivity index (χ4v) is 2.08. The van der Waals surface area contributed by atoms with Crippen molar-refractivity contribution in [1.82, 2.24) is 9.36 Å². The third-order valence-electron chi connectivity index (χ3n) is 2.01. The molecule has 0 saturated carbocycles. The molecule has 0 aromatic carbocycles.